The van der Waals surface area contributed by atoms with E-state index < -0.39 is 0 Å². The van der Waals surface area contributed by atoms with Gasteiger partial charge < -0.3 is 15.0 Å². The molecular formula is C12H15N3O2. The zero-order chi connectivity index (χ0) is 12.1. The summed E-state index contributed by atoms with van der Waals surface area (Å²) in [5, 5.41) is 3.81. The summed E-state index contributed by atoms with van der Waals surface area (Å²) in [6.45, 7) is 2.80. The second-order valence-corrected chi connectivity index (χ2v) is 3.70. The minimum Gasteiger partial charge on any atom is -0.485 e. The van der Waals surface area contributed by atoms with Crippen LogP contribution in [0, 0.1) is 6.92 Å². The standard InChI is InChI=1S/C12H15N3O2/c1-9-4-2-3-5-10(9)16-8-11-14-12(6-7-13)17-15-11/h2-5H,6-8,13H2,1H3. The minimum atomic E-state index is 0.304. The van der Waals surface area contributed by atoms with Crippen LogP contribution in [0.4, 0.5) is 0 Å². The lowest BCUT2D eigenvalue weighted by Gasteiger charge is -2.05. The number of nitrogens with zero attached hydrogens (tertiary/aromatic N) is 2. The summed E-state index contributed by atoms with van der Waals surface area (Å²) in [6, 6.07) is 7.80. The maximum Gasteiger partial charge on any atom is 0.228 e. The maximum atomic E-state index is 5.60. The van der Waals surface area contributed by atoms with Crippen LogP contribution in [0.1, 0.15) is 17.3 Å². The van der Waals surface area contributed by atoms with Crippen LogP contribution in [0.3, 0.4) is 0 Å². The van der Waals surface area contributed by atoms with Crippen LogP contribution in [0.15, 0.2) is 28.8 Å². The quantitative estimate of drug-likeness (QED) is 0.846. The van der Waals surface area contributed by atoms with Crippen molar-refractivity contribution in [3.05, 3.63) is 41.5 Å². The third-order valence-corrected chi connectivity index (χ3v) is 2.32. The fourth-order valence-corrected chi connectivity index (χ4v) is 1.43. The summed E-state index contributed by atoms with van der Waals surface area (Å²) < 4.78 is 10.6. The maximum absolute atomic E-state index is 5.60. The molecule has 0 spiro atoms. The van der Waals surface area contributed by atoms with Gasteiger partial charge in [0, 0.05) is 13.0 Å². The number of hydrogen-bond acceptors (Lipinski definition) is 5. The lowest BCUT2D eigenvalue weighted by molar-refractivity contribution is 0.283. The van der Waals surface area contributed by atoms with Crippen LogP contribution in [-0.4, -0.2) is 16.7 Å². The number of benzene rings is 1. The summed E-state index contributed by atoms with van der Waals surface area (Å²) in [7, 11) is 0. The highest BCUT2D eigenvalue weighted by Crippen LogP contribution is 2.17. The van der Waals surface area contributed by atoms with Gasteiger partial charge in [-0.2, -0.15) is 4.98 Å². The molecule has 0 aliphatic rings. The Labute approximate surface area is 99.6 Å². The van der Waals surface area contributed by atoms with Crippen molar-refractivity contribution in [2.24, 2.45) is 5.73 Å². The van der Waals surface area contributed by atoms with E-state index in [0.717, 1.165) is 11.3 Å². The van der Waals surface area contributed by atoms with Crippen molar-refractivity contribution < 1.29 is 9.26 Å². The van der Waals surface area contributed by atoms with Crippen LogP contribution < -0.4 is 10.5 Å². The largest absolute Gasteiger partial charge is 0.485 e. The van der Waals surface area contributed by atoms with Crippen LogP contribution in [-0.2, 0) is 13.0 Å². The average Bonchev–Trinajstić information content (AvgIpc) is 2.76. The Morgan fingerprint density at radius 2 is 2.18 bits per heavy atom. The zero-order valence-corrected chi connectivity index (χ0v) is 9.72. The second kappa shape index (κ2) is 5.45. The molecule has 0 aliphatic heterocycles. The van der Waals surface area contributed by atoms with E-state index in [4.69, 9.17) is 15.0 Å². The van der Waals surface area contributed by atoms with E-state index in [-0.39, 0.29) is 0 Å². The van der Waals surface area contributed by atoms with E-state index in [1.54, 1.807) is 0 Å². The van der Waals surface area contributed by atoms with Crippen molar-refractivity contribution in [1.82, 2.24) is 10.1 Å². The zero-order valence-electron chi connectivity index (χ0n) is 9.72. The second-order valence-electron chi connectivity index (χ2n) is 3.70. The number of hydrogen-bond donors (Lipinski definition) is 1. The predicted molar refractivity (Wildman–Crippen MR) is 62.6 cm³/mol. The molecule has 0 atom stereocenters. The first kappa shape index (κ1) is 11.6. The van der Waals surface area contributed by atoms with Crippen LogP contribution in [0.25, 0.3) is 0 Å². The molecule has 2 rings (SSSR count). The predicted octanol–water partition coefficient (Wildman–Crippen LogP) is 1.46. The minimum absolute atomic E-state index is 0.304. The van der Waals surface area contributed by atoms with Crippen molar-refractivity contribution in [1.29, 1.82) is 0 Å². The molecule has 0 saturated heterocycles. The molecule has 1 aromatic heterocycles. The van der Waals surface area contributed by atoms with Crippen LogP contribution >= 0.6 is 0 Å². The van der Waals surface area contributed by atoms with E-state index >= 15 is 0 Å². The Morgan fingerprint density at radius 3 is 2.94 bits per heavy atom. The number of nitrogens with two attached hydrogens (primary N) is 1. The molecule has 2 aromatic rings. The monoisotopic (exact) mass is 233 g/mol. The molecule has 0 amide bonds. The number of aryl methyl sites for hydroxylation is 1. The van der Waals surface area contributed by atoms with Gasteiger partial charge in [-0.3, -0.25) is 0 Å². The van der Waals surface area contributed by atoms with Gasteiger partial charge in [-0.05, 0) is 18.6 Å². The molecule has 0 bridgehead atoms. The third-order valence-electron chi connectivity index (χ3n) is 2.32. The summed E-state index contributed by atoms with van der Waals surface area (Å²) in [5.74, 6) is 1.92. The van der Waals surface area contributed by atoms with E-state index in [1.165, 1.54) is 0 Å². The number of rotatable bonds is 5. The van der Waals surface area contributed by atoms with Gasteiger partial charge in [-0.15, -0.1) is 0 Å². The molecule has 0 fully saturated rings. The molecular weight excluding hydrogens is 218 g/mol. The fraction of sp³-hybridized carbons (Fsp3) is 0.333. The Bertz CT molecular complexity index is 482. The number of aromatic nitrogens is 2. The van der Waals surface area contributed by atoms with Crippen molar-refractivity contribution in [3.8, 4) is 5.75 Å². The van der Waals surface area contributed by atoms with E-state index in [2.05, 4.69) is 10.1 Å². The molecule has 0 aliphatic carbocycles. The van der Waals surface area contributed by atoms with Crippen LogP contribution in [0.5, 0.6) is 5.75 Å². The normalized spacial score (nSPS) is 10.5. The van der Waals surface area contributed by atoms with E-state index in [1.807, 2.05) is 31.2 Å². The molecule has 2 N–H and O–H groups in total. The highest BCUT2D eigenvalue weighted by Gasteiger charge is 2.06. The first-order valence-electron chi connectivity index (χ1n) is 5.49. The van der Waals surface area contributed by atoms with Crippen molar-refractivity contribution >= 4 is 0 Å². The lowest BCUT2D eigenvalue weighted by atomic mass is 10.2. The van der Waals surface area contributed by atoms with Crippen molar-refractivity contribution in [2.45, 2.75) is 20.0 Å². The first-order chi connectivity index (χ1) is 8.29. The molecule has 0 radical (unpaired) electrons. The number of para-hydroxylation sites is 1. The van der Waals surface area contributed by atoms with Gasteiger partial charge in [0.25, 0.3) is 0 Å². The van der Waals surface area contributed by atoms with E-state index in [9.17, 15) is 0 Å². The summed E-state index contributed by atoms with van der Waals surface area (Å²) in [4.78, 5) is 4.16. The van der Waals surface area contributed by atoms with Crippen molar-refractivity contribution in [2.75, 3.05) is 6.54 Å². The molecule has 0 saturated carbocycles. The van der Waals surface area contributed by atoms with Gasteiger partial charge in [0.05, 0.1) is 0 Å². The molecule has 5 heteroatoms. The van der Waals surface area contributed by atoms with E-state index in [0.29, 0.717) is 31.3 Å². The molecule has 1 aromatic carbocycles. The van der Waals surface area contributed by atoms with Gasteiger partial charge in [-0.1, -0.05) is 23.4 Å². The Balaban J connectivity index is 1.95. The van der Waals surface area contributed by atoms with Gasteiger partial charge in [0.15, 0.2) is 6.61 Å². The number of ether oxygens (including phenoxy) is 1. The fourth-order valence-electron chi connectivity index (χ4n) is 1.43. The molecule has 0 unspecified atom stereocenters. The van der Waals surface area contributed by atoms with Gasteiger partial charge in [0.2, 0.25) is 11.7 Å². The smallest absolute Gasteiger partial charge is 0.228 e. The molecule has 90 valence electrons. The molecule has 17 heavy (non-hydrogen) atoms. The Morgan fingerprint density at radius 1 is 1.35 bits per heavy atom. The average molecular weight is 233 g/mol. The van der Waals surface area contributed by atoms with Crippen molar-refractivity contribution in [3.63, 3.8) is 0 Å². The topological polar surface area (TPSA) is 74.2 Å². The summed E-state index contributed by atoms with van der Waals surface area (Å²) >= 11 is 0. The first-order valence-corrected chi connectivity index (χ1v) is 5.49. The Kier molecular flexibility index (Phi) is 3.72. The molecule has 5 nitrogen and oxygen atoms in total. The van der Waals surface area contributed by atoms with Gasteiger partial charge >= 0.3 is 0 Å². The highest BCUT2D eigenvalue weighted by atomic mass is 16.5. The Hall–Kier alpha value is -1.88. The third kappa shape index (κ3) is 3.04. The lowest BCUT2D eigenvalue weighted by Crippen LogP contribution is -2.03. The highest BCUT2D eigenvalue weighted by molar-refractivity contribution is 5.31. The summed E-state index contributed by atoms with van der Waals surface area (Å²) in [5.41, 5.74) is 6.48. The summed E-state index contributed by atoms with van der Waals surface area (Å²) in [6.07, 6.45) is 0.595. The SMILES string of the molecule is Cc1ccccc1OCc1noc(CCN)n1. The van der Waals surface area contributed by atoms with Gasteiger partial charge in [0.1, 0.15) is 5.75 Å². The molecule has 1 heterocycles. The van der Waals surface area contributed by atoms with Crippen LogP contribution in [0.2, 0.25) is 0 Å². The van der Waals surface area contributed by atoms with Gasteiger partial charge in [-0.25, -0.2) is 0 Å².